The summed E-state index contributed by atoms with van der Waals surface area (Å²) in [7, 11) is 0. The molecule has 3 rings (SSSR count). The van der Waals surface area contributed by atoms with Crippen LogP contribution in [-0.4, -0.2) is 29.0 Å². The van der Waals surface area contributed by atoms with Gasteiger partial charge in [-0.1, -0.05) is 33.1 Å². The number of ether oxygens (including phenoxy) is 1. The van der Waals surface area contributed by atoms with Crippen molar-refractivity contribution in [2.45, 2.75) is 64.5 Å². The molecule has 1 atom stereocenters. The molecule has 0 aromatic carbocycles. The summed E-state index contributed by atoms with van der Waals surface area (Å²) in [4.78, 5) is 28.2. The molecule has 1 aliphatic rings. The first-order chi connectivity index (χ1) is 12.0. The molecule has 2 aromatic heterocycles. The highest BCUT2D eigenvalue weighted by Crippen LogP contribution is 2.23. The number of carbonyl (C=O) groups is 2. The van der Waals surface area contributed by atoms with Crippen LogP contribution in [-0.2, 0) is 9.53 Å². The second-order valence-corrected chi connectivity index (χ2v) is 8.20. The van der Waals surface area contributed by atoms with Crippen LogP contribution in [0.2, 0.25) is 0 Å². The Morgan fingerprint density at radius 3 is 2.76 bits per heavy atom. The first-order valence-electron chi connectivity index (χ1n) is 9.10. The standard InChI is InChI=1S/C19H26N2O3S/c1-12(2)10-16(18(22)20-13-6-4-3-5-7-13)24-19(23)15-11-17-14(21-15)8-9-25-17/h8-9,11-13,16,21H,3-7,10H2,1-2H3,(H,20,22). The normalized spacial score (nSPS) is 16.9. The second kappa shape index (κ2) is 8.04. The molecule has 1 aliphatic carbocycles. The van der Waals surface area contributed by atoms with Gasteiger partial charge in [-0.05, 0) is 42.7 Å². The Morgan fingerprint density at radius 1 is 1.32 bits per heavy atom. The number of hydrogen-bond donors (Lipinski definition) is 2. The van der Waals surface area contributed by atoms with Crippen molar-refractivity contribution in [3.63, 3.8) is 0 Å². The van der Waals surface area contributed by atoms with Crippen molar-refractivity contribution in [3.05, 3.63) is 23.2 Å². The number of esters is 1. The molecule has 0 aliphatic heterocycles. The molecule has 2 heterocycles. The third-order valence-electron chi connectivity index (χ3n) is 4.64. The monoisotopic (exact) mass is 362 g/mol. The van der Waals surface area contributed by atoms with Gasteiger partial charge in [0.1, 0.15) is 5.69 Å². The van der Waals surface area contributed by atoms with Crippen molar-refractivity contribution in [2.75, 3.05) is 0 Å². The van der Waals surface area contributed by atoms with E-state index in [2.05, 4.69) is 10.3 Å². The highest BCUT2D eigenvalue weighted by Gasteiger charge is 2.27. The number of hydrogen-bond acceptors (Lipinski definition) is 4. The number of carbonyl (C=O) groups excluding carboxylic acids is 2. The summed E-state index contributed by atoms with van der Waals surface area (Å²) < 4.78 is 6.59. The van der Waals surface area contributed by atoms with Crippen molar-refractivity contribution in [1.29, 1.82) is 0 Å². The SMILES string of the molecule is CC(C)CC(OC(=O)c1cc2sccc2[nH]1)C(=O)NC1CCCCC1. The van der Waals surface area contributed by atoms with Crippen LogP contribution in [0.4, 0.5) is 0 Å². The van der Waals surface area contributed by atoms with E-state index in [0.29, 0.717) is 12.1 Å². The fourth-order valence-electron chi connectivity index (χ4n) is 3.33. The molecule has 0 radical (unpaired) electrons. The topological polar surface area (TPSA) is 71.2 Å². The fraction of sp³-hybridized carbons (Fsp3) is 0.579. The zero-order valence-electron chi connectivity index (χ0n) is 14.8. The maximum absolute atomic E-state index is 12.6. The van der Waals surface area contributed by atoms with Gasteiger partial charge in [-0.3, -0.25) is 4.79 Å². The van der Waals surface area contributed by atoms with Gasteiger partial charge in [-0.15, -0.1) is 11.3 Å². The maximum atomic E-state index is 12.6. The number of fused-ring (bicyclic) bond motifs is 1. The smallest absolute Gasteiger partial charge is 0.355 e. The minimum absolute atomic E-state index is 0.165. The van der Waals surface area contributed by atoms with E-state index in [1.807, 2.05) is 25.3 Å². The molecule has 2 aromatic rings. The van der Waals surface area contributed by atoms with Crippen LogP contribution in [0.1, 0.15) is 62.9 Å². The molecule has 1 unspecified atom stereocenters. The predicted octanol–water partition coefficient (Wildman–Crippen LogP) is 4.25. The van der Waals surface area contributed by atoms with Gasteiger partial charge in [0.2, 0.25) is 0 Å². The molecule has 1 amide bonds. The van der Waals surface area contributed by atoms with E-state index in [4.69, 9.17) is 4.74 Å². The van der Waals surface area contributed by atoms with E-state index in [9.17, 15) is 9.59 Å². The molecule has 0 spiro atoms. The average Bonchev–Trinajstić information content (AvgIpc) is 3.16. The van der Waals surface area contributed by atoms with Crippen LogP contribution in [0.25, 0.3) is 10.2 Å². The van der Waals surface area contributed by atoms with Crippen LogP contribution < -0.4 is 5.32 Å². The molecule has 6 heteroatoms. The fourth-order valence-corrected chi connectivity index (χ4v) is 4.11. The molecule has 5 nitrogen and oxygen atoms in total. The summed E-state index contributed by atoms with van der Waals surface area (Å²) >= 11 is 1.57. The Labute approximate surface area is 152 Å². The van der Waals surface area contributed by atoms with Gasteiger partial charge in [0.05, 0.1) is 10.2 Å². The van der Waals surface area contributed by atoms with Crippen molar-refractivity contribution >= 4 is 33.4 Å². The lowest BCUT2D eigenvalue weighted by Gasteiger charge is -2.26. The number of amides is 1. The van der Waals surface area contributed by atoms with Gasteiger partial charge in [0.15, 0.2) is 6.10 Å². The van der Waals surface area contributed by atoms with Crippen LogP contribution in [0.15, 0.2) is 17.5 Å². The van der Waals surface area contributed by atoms with Crippen LogP contribution in [0.3, 0.4) is 0 Å². The Morgan fingerprint density at radius 2 is 2.08 bits per heavy atom. The summed E-state index contributed by atoms with van der Waals surface area (Å²) in [5.41, 5.74) is 1.32. The molecular formula is C19H26N2O3S. The highest BCUT2D eigenvalue weighted by atomic mass is 32.1. The van der Waals surface area contributed by atoms with Gasteiger partial charge >= 0.3 is 5.97 Å². The van der Waals surface area contributed by atoms with E-state index in [1.54, 1.807) is 17.4 Å². The Hall–Kier alpha value is -1.82. The van der Waals surface area contributed by atoms with Crippen molar-refractivity contribution in [1.82, 2.24) is 10.3 Å². The molecule has 1 fully saturated rings. The van der Waals surface area contributed by atoms with Gasteiger partial charge in [0.25, 0.3) is 5.91 Å². The minimum Gasteiger partial charge on any atom is -0.448 e. The van der Waals surface area contributed by atoms with Gasteiger partial charge in [-0.25, -0.2) is 4.79 Å². The van der Waals surface area contributed by atoms with Crippen LogP contribution >= 0.6 is 11.3 Å². The Balaban J connectivity index is 1.65. The number of thiophene rings is 1. The summed E-state index contributed by atoms with van der Waals surface area (Å²) in [6.45, 7) is 4.05. The molecule has 25 heavy (non-hydrogen) atoms. The van der Waals surface area contributed by atoms with E-state index >= 15 is 0 Å². The second-order valence-electron chi connectivity index (χ2n) is 7.25. The zero-order chi connectivity index (χ0) is 17.8. The first-order valence-corrected chi connectivity index (χ1v) is 9.98. The summed E-state index contributed by atoms with van der Waals surface area (Å²) in [6.07, 6.45) is 5.36. The van der Waals surface area contributed by atoms with Crippen LogP contribution in [0.5, 0.6) is 0 Å². The largest absolute Gasteiger partial charge is 0.448 e. The van der Waals surface area contributed by atoms with Crippen molar-refractivity contribution in [2.24, 2.45) is 5.92 Å². The van der Waals surface area contributed by atoms with Gasteiger partial charge in [-0.2, -0.15) is 0 Å². The first kappa shape index (κ1) is 18.0. The molecule has 0 saturated heterocycles. The van der Waals surface area contributed by atoms with Crippen molar-refractivity contribution in [3.8, 4) is 0 Å². The van der Waals surface area contributed by atoms with Crippen LogP contribution in [0, 0.1) is 5.92 Å². The van der Waals surface area contributed by atoms with E-state index < -0.39 is 12.1 Å². The number of rotatable bonds is 6. The van der Waals surface area contributed by atoms with Crippen molar-refractivity contribution < 1.29 is 14.3 Å². The van der Waals surface area contributed by atoms with Gasteiger partial charge < -0.3 is 15.0 Å². The quantitative estimate of drug-likeness (QED) is 0.755. The lowest BCUT2D eigenvalue weighted by molar-refractivity contribution is -0.131. The maximum Gasteiger partial charge on any atom is 0.355 e. The predicted molar refractivity (Wildman–Crippen MR) is 99.8 cm³/mol. The summed E-state index contributed by atoms with van der Waals surface area (Å²) in [5.74, 6) is -0.364. The lowest BCUT2D eigenvalue weighted by Crippen LogP contribution is -2.44. The third kappa shape index (κ3) is 4.63. The Bertz CT molecular complexity index is 699. The minimum atomic E-state index is -0.740. The lowest BCUT2D eigenvalue weighted by atomic mass is 9.95. The summed E-state index contributed by atoms with van der Waals surface area (Å²) in [5, 5.41) is 5.05. The molecule has 0 bridgehead atoms. The number of H-pyrrole nitrogens is 1. The number of nitrogens with one attached hydrogen (secondary N) is 2. The summed E-state index contributed by atoms with van der Waals surface area (Å²) in [6, 6.07) is 3.93. The zero-order valence-corrected chi connectivity index (χ0v) is 15.7. The number of aromatic nitrogens is 1. The molecule has 1 saturated carbocycles. The van der Waals surface area contributed by atoms with E-state index in [0.717, 1.165) is 35.9 Å². The molecular weight excluding hydrogens is 336 g/mol. The molecule has 2 N–H and O–H groups in total. The Kier molecular flexibility index (Phi) is 5.78. The van der Waals surface area contributed by atoms with Gasteiger partial charge in [0, 0.05) is 6.04 Å². The third-order valence-corrected chi connectivity index (χ3v) is 5.50. The highest BCUT2D eigenvalue weighted by molar-refractivity contribution is 7.17. The van der Waals surface area contributed by atoms with E-state index in [-0.39, 0.29) is 17.9 Å². The number of aromatic amines is 1. The van der Waals surface area contributed by atoms with E-state index in [1.165, 1.54) is 6.42 Å². The average molecular weight is 362 g/mol. The molecule has 136 valence electrons.